The molecular formula is C20H33N3O3. The molecule has 2 N–H and O–H groups in total. The number of ether oxygens (including phenoxy) is 2. The number of methoxy groups -OCH3 is 1. The Morgan fingerprint density at radius 1 is 1.08 bits per heavy atom. The average molecular weight is 364 g/mol. The zero-order valence-corrected chi connectivity index (χ0v) is 16.3. The van der Waals surface area contributed by atoms with Gasteiger partial charge in [-0.1, -0.05) is 31.0 Å². The third-order valence-electron chi connectivity index (χ3n) is 3.85. The van der Waals surface area contributed by atoms with Crippen LogP contribution in [0.3, 0.4) is 0 Å². The number of hydrogen-bond donors (Lipinski definition) is 2. The Morgan fingerprint density at radius 2 is 1.85 bits per heavy atom. The monoisotopic (exact) mass is 363 g/mol. The molecule has 1 aromatic carbocycles. The third-order valence-corrected chi connectivity index (χ3v) is 3.85. The first-order valence-electron chi connectivity index (χ1n) is 9.50. The predicted molar refractivity (Wildman–Crippen MR) is 106 cm³/mol. The molecule has 0 radical (unpaired) electrons. The summed E-state index contributed by atoms with van der Waals surface area (Å²) in [5, 5.41) is 6.61. The molecule has 0 aromatic heterocycles. The Balaban J connectivity index is 2.29. The molecule has 0 amide bonds. The van der Waals surface area contributed by atoms with Crippen LogP contribution in [-0.4, -0.2) is 38.7 Å². The Kier molecular flexibility index (Phi) is 11.7. The largest absolute Gasteiger partial charge is 0.496 e. The van der Waals surface area contributed by atoms with E-state index in [4.69, 9.17) is 9.47 Å². The smallest absolute Gasteiger partial charge is 0.305 e. The molecule has 146 valence electrons. The van der Waals surface area contributed by atoms with E-state index in [1.54, 1.807) is 7.11 Å². The highest BCUT2D eigenvalue weighted by Crippen LogP contribution is 2.17. The number of hydrogen-bond acceptors (Lipinski definition) is 4. The van der Waals surface area contributed by atoms with Gasteiger partial charge in [-0.2, -0.15) is 0 Å². The van der Waals surface area contributed by atoms with Gasteiger partial charge in [-0.3, -0.25) is 4.79 Å². The molecule has 0 bridgehead atoms. The molecule has 0 atom stereocenters. The zero-order valence-electron chi connectivity index (χ0n) is 16.3. The summed E-state index contributed by atoms with van der Waals surface area (Å²) in [5.74, 6) is 1.57. The highest BCUT2D eigenvalue weighted by Gasteiger charge is 2.03. The highest BCUT2D eigenvalue weighted by atomic mass is 16.5. The van der Waals surface area contributed by atoms with Crippen molar-refractivity contribution in [1.82, 2.24) is 10.6 Å². The Bertz CT molecular complexity index is 547. The third kappa shape index (κ3) is 9.30. The van der Waals surface area contributed by atoms with Crippen LogP contribution in [-0.2, 0) is 16.1 Å². The molecule has 0 heterocycles. The van der Waals surface area contributed by atoms with E-state index in [-0.39, 0.29) is 5.97 Å². The minimum atomic E-state index is -0.0940. The number of nitrogens with one attached hydrogen (secondary N) is 2. The first-order chi connectivity index (χ1) is 12.7. The second-order valence-electron chi connectivity index (χ2n) is 5.90. The highest BCUT2D eigenvalue weighted by molar-refractivity contribution is 5.79. The summed E-state index contributed by atoms with van der Waals surface area (Å²) in [6, 6.07) is 7.92. The first-order valence-corrected chi connectivity index (χ1v) is 9.50. The van der Waals surface area contributed by atoms with E-state index in [9.17, 15) is 4.79 Å². The van der Waals surface area contributed by atoms with Crippen molar-refractivity contribution in [2.45, 2.75) is 52.5 Å². The lowest BCUT2D eigenvalue weighted by molar-refractivity contribution is -0.143. The second-order valence-corrected chi connectivity index (χ2v) is 5.90. The first kappa shape index (κ1) is 21.8. The molecule has 0 saturated heterocycles. The Labute approximate surface area is 157 Å². The molecule has 0 spiro atoms. The van der Waals surface area contributed by atoms with Gasteiger partial charge in [0.05, 0.1) is 20.3 Å². The molecule has 0 aliphatic heterocycles. The van der Waals surface area contributed by atoms with E-state index in [1.165, 1.54) is 0 Å². The lowest BCUT2D eigenvalue weighted by Crippen LogP contribution is -2.37. The number of aliphatic imine (C=N–C) groups is 1. The molecule has 6 nitrogen and oxygen atoms in total. The fraction of sp³-hybridized carbons (Fsp3) is 0.600. The summed E-state index contributed by atoms with van der Waals surface area (Å²) in [6.07, 6.45) is 4.57. The maximum atomic E-state index is 11.3. The number of guanidine groups is 1. The van der Waals surface area contributed by atoms with Crippen molar-refractivity contribution in [3.8, 4) is 5.75 Å². The van der Waals surface area contributed by atoms with E-state index in [0.29, 0.717) is 19.6 Å². The molecule has 1 aromatic rings. The maximum absolute atomic E-state index is 11.3. The Hall–Kier alpha value is -2.24. The SMILES string of the molecule is CCNC(=NCc1ccccc1OC)NCCCCCCC(=O)OCC. The van der Waals surface area contributed by atoms with Gasteiger partial charge in [0, 0.05) is 25.1 Å². The molecule has 6 heteroatoms. The van der Waals surface area contributed by atoms with Gasteiger partial charge in [0.15, 0.2) is 5.96 Å². The minimum absolute atomic E-state index is 0.0940. The summed E-state index contributed by atoms with van der Waals surface area (Å²) in [7, 11) is 1.67. The van der Waals surface area contributed by atoms with Crippen LogP contribution in [0, 0.1) is 0 Å². The predicted octanol–water partition coefficient (Wildman–Crippen LogP) is 3.26. The van der Waals surface area contributed by atoms with Crippen LogP contribution in [0.5, 0.6) is 5.75 Å². The maximum Gasteiger partial charge on any atom is 0.305 e. The van der Waals surface area contributed by atoms with Crippen LogP contribution in [0.4, 0.5) is 0 Å². The van der Waals surface area contributed by atoms with Crippen LogP contribution in [0.25, 0.3) is 0 Å². The standard InChI is InChI=1S/C20H33N3O3/c1-4-21-20(23-16-17-12-9-10-13-18(17)25-3)22-15-11-7-6-8-14-19(24)26-5-2/h9-10,12-13H,4-8,11,14-16H2,1-3H3,(H2,21,22,23). The molecule has 0 fully saturated rings. The van der Waals surface area contributed by atoms with Crippen LogP contribution in [0.2, 0.25) is 0 Å². The van der Waals surface area contributed by atoms with E-state index in [2.05, 4.69) is 22.5 Å². The van der Waals surface area contributed by atoms with Gasteiger partial charge in [-0.15, -0.1) is 0 Å². The van der Waals surface area contributed by atoms with Crippen molar-refractivity contribution in [1.29, 1.82) is 0 Å². The summed E-state index contributed by atoms with van der Waals surface area (Å²) in [6.45, 7) is 6.59. The van der Waals surface area contributed by atoms with Gasteiger partial charge < -0.3 is 20.1 Å². The van der Waals surface area contributed by atoms with Gasteiger partial charge in [0.1, 0.15) is 5.75 Å². The summed E-state index contributed by atoms with van der Waals surface area (Å²) in [4.78, 5) is 15.9. The molecule has 0 aliphatic rings. The number of benzene rings is 1. The quantitative estimate of drug-likeness (QED) is 0.258. The number of unbranched alkanes of at least 4 members (excludes halogenated alkanes) is 3. The van der Waals surface area contributed by atoms with Crippen molar-refractivity contribution in [2.24, 2.45) is 4.99 Å². The van der Waals surface area contributed by atoms with Gasteiger partial charge >= 0.3 is 5.97 Å². The Morgan fingerprint density at radius 3 is 2.58 bits per heavy atom. The van der Waals surface area contributed by atoms with Crippen molar-refractivity contribution in [3.05, 3.63) is 29.8 Å². The lowest BCUT2D eigenvalue weighted by Gasteiger charge is -2.12. The fourth-order valence-corrected chi connectivity index (χ4v) is 2.53. The van der Waals surface area contributed by atoms with Crippen LogP contribution >= 0.6 is 0 Å². The summed E-state index contributed by atoms with van der Waals surface area (Å²) in [5.41, 5.74) is 1.06. The van der Waals surface area contributed by atoms with Gasteiger partial charge in [-0.05, 0) is 32.8 Å². The number of nitrogens with zero attached hydrogens (tertiary/aromatic N) is 1. The van der Waals surface area contributed by atoms with Gasteiger partial charge in [0.25, 0.3) is 0 Å². The summed E-state index contributed by atoms with van der Waals surface area (Å²) < 4.78 is 10.3. The molecule has 0 aliphatic carbocycles. The van der Waals surface area contributed by atoms with Gasteiger partial charge in [-0.25, -0.2) is 4.99 Å². The van der Waals surface area contributed by atoms with Crippen LogP contribution in [0.15, 0.2) is 29.3 Å². The number of esters is 1. The average Bonchev–Trinajstić information content (AvgIpc) is 2.65. The van der Waals surface area contributed by atoms with Crippen LogP contribution in [0.1, 0.15) is 51.5 Å². The number of rotatable bonds is 12. The fourth-order valence-electron chi connectivity index (χ4n) is 2.53. The second kappa shape index (κ2) is 14.0. The zero-order chi connectivity index (χ0) is 19.0. The number of carbonyl (C=O) groups is 1. The lowest BCUT2D eigenvalue weighted by atomic mass is 10.1. The van der Waals surface area contributed by atoms with Gasteiger partial charge in [0.2, 0.25) is 0 Å². The molecular weight excluding hydrogens is 330 g/mol. The van der Waals surface area contributed by atoms with E-state index < -0.39 is 0 Å². The van der Waals surface area contributed by atoms with E-state index in [0.717, 1.165) is 56.0 Å². The molecule has 0 saturated carbocycles. The molecule has 1 rings (SSSR count). The topological polar surface area (TPSA) is 72.0 Å². The normalized spacial score (nSPS) is 11.1. The van der Waals surface area contributed by atoms with Crippen LogP contribution < -0.4 is 15.4 Å². The van der Waals surface area contributed by atoms with E-state index in [1.807, 2.05) is 31.2 Å². The molecule has 0 unspecified atom stereocenters. The van der Waals surface area contributed by atoms with Crippen molar-refractivity contribution >= 4 is 11.9 Å². The number of para-hydroxylation sites is 1. The molecule has 26 heavy (non-hydrogen) atoms. The van der Waals surface area contributed by atoms with Crippen molar-refractivity contribution in [2.75, 3.05) is 26.8 Å². The van der Waals surface area contributed by atoms with Crippen molar-refractivity contribution < 1.29 is 14.3 Å². The summed E-state index contributed by atoms with van der Waals surface area (Å²) >= 11 is 0. The van der Waals surface area contributed by atoms with E-state index >= 15 is 0 Å². The number of carbonyl (C=O) groups excluding carboxylic acids is 1. The minimum Gasteiger partial charge on any atom is -0.496 e. The van der Waals surface area contributed by atoms with Crippen molar-refractivity contribution in [3.63, 3.8) is 0 Å².